The number of aromatic nitrogens is 2. The van der Waals surface area contributed by atoms with Crippen LogP contribution in [0.3, 0.4) is 0 Å². The summed E-state index contributed by atoms with van der Waals surface area (Å²) in [6, 6.07) is 10.1. The molecule has 3 N–H and O–H groups in total. The Kier molecular flexibility index (Phi) is 4.73. The van der Waals surface area contributed by atoms with Crippen molar-refractivity contribution in [1.82, 2.24) is 9.97 Å². The molecule has 1 saturated carbocycles. The molecule has 0 atom stereocenters. The second-order valence-corrected chi connectivity index (χ2v) is 5.66. The molecule has 0 amide bonds. The van der Waals surface area contributed by atoms with Gasteiger partial charge in [-0.3, -0.25) is 0 Å². The largest absolute Gasteiger partial charge is 0.473 e. The minimum Gasteiger partial charge on any atom is -0.473 e. The zero-order chi connectivity index (χ0) is 15.2. The summed E-state index contributed by atoms with van der Waals surface area (Å²) in [7, 11) is 0. The van der Waals surface area contributed by atoms with Crippen molar-refractivity contribution < 1.29 is 4.74 Å². The maximum atomic E-state index is 6.15. The first kappa shape index (κ1) is 14.6. The van der Waals surface area contributed by atoms with Gasteiger partial charge in [0, 0.05) is 6.54 Å². The zero-order valence-electron chi connectivity index (χ0n) is 12.7. The zero-order valence-corrected chi connectivity index (χ0v) is 12.7. The molecule has 1 heterocycles. The van der Waals surface area contributed by atoms with Crippen molar-refractivity contribution in [2.45, 2.75) is 44.8 Å². The molecule has 1 fully saturated rings. The third kappa shape index (κ3) is 3.67. The van der Waals surface area contributed by atoms with Crippen molar-refractivity contribution >= 4 is 11.5 Å². The fraction of sp³-hybridized carbons (Fsp3) is 0.412. The van der Waals surface area contributed by atoms with Crippen LogP contribution in [-0.4, -0.2) is 16.1 Å². The number of anilines is 2. The van der Waals surface area contributed by atoms with E-state index in [0.29, 0.717) is 23.9 Å². The fourth-order valence-electron chi connectivity index (χ4n) is 2.74. The molecule has 0 unspecified atom stereocenters. The van der Waals surface area contributed by atoms with Crippen LogP contribution in [0.15, 0.2) is 36.7 Å². The number of nitrogen functional groups attached to an aromatic ring is 1. The number of nitrogens with one attached hydrogen (secondary N) is 1. The third-order valence-electron chi connectivity index (χ3n) is 3.98. The van der Waals surface area contributed by atoms with Gasteiger partial charge >= 0.3 is 0 Å². The summed E-state index contributed by atoms with van der Waals surface area (Å²) < 4.78 is 5.96. The molecule has 0 radical (unpaired) electrons. The van der Waals surface area contributed by atoms with Crippen LogP contribution in [-0.2, 0) is 6.54 Å². The molecule has 0 aliphatic heterocycles. The molecule has 0 saturated heterocycles. The summed E-state index contributed by atoms with van der Waals surface area (Å²) in [4.78, 5) is 8.41. The van der Waals surface area contributed by atoms with Crippen molar-refractivity contribution in [3.8, 4) is 5.88 Å². The first-order chi connectivity index (χ1) is 10.8. The molecule has 2 aromatic rings. The Morgan fingerprint density at radius 2 is 1.86 bits per heavy atom. The molecule has 3 rings (SSSR count). The lowest BCUT2D eigenvalue weighted by Gasteiger charge is -2.23. The van der Waals surface area contributed by atoms with E-state index < -0.39 is 0 Å². The van der Waals surface area contributed by atoms with Gasteiger partial charge in [0.05, 0.1) is 0 Å². The molecular formula is C17H22N4O. The lowest BCUT2D eigenvalue weighted by Crippen LogP contribution is -2.21. The number of nitrogens with zero attached hydrogens (tertiary/aromatic N) is 2. The molecule has 1 aliphatic carbocycles. The predicted molar refractivity (Wildman–Crippen MR) is 87.7 cm³/mol. The van der Waals surface area contributed by atoms with Gasteiger partial charge in [0.2, 0.25) is 5.88 Å². The van der Waals surface area contributed by atoms with E-state index in [2.05, 4.69) is 27.4 Å². The maximum absolute atomic E-state index is 6.15. The summed E-state index contributed by atoms with van der Waals surface area (Å²) in [5, 5.41) is 3.25. The lowest BCUT2D eigenvalue weighted by molar-refractivity contribution is 0.149. The third-order valence-corrected chi connectivity index (χ3v) is 3.98. The molecule has 5 heteroatoms. The highest BCUT2D eigenvalue weighted by Crippen LogP contribution is 2.29. The summed E-state index contributed by atoms with van der Waals surface area (Å²) in [5.41, 5.74) is 7.82. The van der Waals surface area contributed by atoms with Gasteiger partial charge in [0.1, 0.15) is 18.1 Å². The highest BCUT2D eigenvalue weighted by Gasteiger charge is 2.18. The second kappa shape index (κ2) is 7.11. The Balaban J connectivity index is 1.66. The molecule has 0 bridgehead atoms. The highest BCUT2D eigenvalue weighted by atomic mass is 16.5. The van der Waals surface area contributed by atoms with E-state index in [0.717, 1.165) is 12.8 Å². The number of benzene rings is 1. The van der Waals surface area contributed by atoms with Gasteiger partial charge < -0.3 is 15.8 Å². The fourth-order valence-corrected chi connectivity index (χ4v) is 2.74. The molecule has 1 aliphatic rings. The summed E-state index contributed by atoms with van der Waals surface area (Å²) >= 11 is 0. The first-order valence-electron chi connectivity index (χ1n) is 7.88. The van der Waals surface area contributed by atoms with E-state index in [9.17, 15) is 0 Å². The van der Waals surface area contributed by atoms with E-state index in [1.165, 1.54) is 31.2 Å². The van der Waals surface area contributed by atoms with Crippen LogP contribution in [0, 0.1) is 0 Å². The normalized spacial score (nSPS) is 15.5. The summed E-state index contributed by atoms with van der Waals surface area (Å²) in [5.74, 6) is 1.13. The van der Waals surface area contributed by atoms with Crippen molar-refractivity contribution in [2.75, 3.05) is 11.1 Å². The Bertz CT molecular complexity index is 597. The molecule has 22 heavy (non-hydrogen) atoms. The first-order valence-corrected chi connectivity index (χ1v) is 7.88. The number of nitrogens with two attached hydrogens (primary N) is 1. The molecule has 116 valence electrons. The van der Waals surface area contributed by atoms with Crippen LogP contribution in [0.1, 0.15) is 37.7 Å². The second-order valence-electron chi connectivity index (χ2n) is 5.66. The van der Waals surface area contributed by atoms with Gasteiger partial charge in [-0.15, -0.1) is 0 Å². The van der Waals surface area contributed by atoms with Crippen molar-refractivity contribution in [3.63, 3.8) is 0 Å². The number of hydrogen-bond donors (Lipinski definition) is 2. The van der Waals surface area contributed by atoms with Crippen LogP contribution >= 0.6 is 0 Å². The minimum absolute atomic E-state index is 0.230. The molecule has 0 spiro atoms. The molecule has 1 aromatic carbocycles. The van der Waals surface area contributed by atoms with Crippen LogP contribution in [0.25, 0.3) is 0 Å². The SMILES string of the molecule is Nc1c(NCc2ccccc2)ncnc1OC1CCCCC1. The Morgan fingerprint density at radius 3 is 2.64 bits per heavy atom. The Labute approximate surface area is 130 Å². The van der Waals surface area contributed by atoms with E-state index in [1.54, 1.807) is 0 Å². The quantitative estimate of drug-likeness (QED) is 0.885. The van der Waals surface area contributed by atoms with E-state index in [-0.39, 0.29) is 6.10 Å². The Morgan fingerprint density at radius 1 is 1.09 bits per heavy atom. The smallest absolute Gasteiger partial charge is 0.242 e. The van der Waals surface area contributed by atoms with E-state index in [1.807, 2.05) is 18.2 Å². The minimum atomic E-state index is 0.230. The molecule has 5 nitrogen and oxygen atoms in total. The van der Waals surface area contributed by atoms with Gasteiger partial charge in [-0.2, -0.15) is 4.98 Å². The van der Waals surface area contributed by atoms with Gasteiger partial charge in [0.25, 0.3) is 0 Å². The van der Waals surface area contributed by atoms with Crippen molar-refractivity contribution in [1.29, 1.82) is 0 Å². The van der Waals surface area contributed by atoms with E-state index in [4.69, 9.17) is 10.5 Å². The van der Waals surface area contributed by atoms with Gasteiger partial charge in [-0.25, -0.2) is 4.98 Å². The maximum Gasteiger partial charge on any atom is 0.242 e. The van der Waals surface area contributed by atoms with Gasteiger partial charge in [-0.1, -0.05) is 36.8 Å². The summed E-state index contributed by atoms with van der Waals surface area (Å²) in [6.07, 6.45) is 7.62. The van der Waals surface area contributed by atoms with Crippen LogP contribution < -0.4 is 15.8 Å². The highest BCUT2D eigenvalue weighted by molar-refractivity contribution is 5.66. The van der Waals surface area contributed by atoms with Crippen LogP contribution in [0.5, 0.6) is 5.88 Å². The van der Waals surface area contributed by atoms with Gasteiger partial charge in [0.15, 0.2) is 5.82 Å². The monoisotopic (exact) mass is 298 g/mol. The van der Waals surface area contributed by atoms with E-state index >= 15 is 0 Å². The predicted octanol–water partition coefficient (Wildman–Crippen LogP) is 3.38. The Hall–Kier alpha value is -2.30. The topological polar surface area (TPSA) is 73.1 Å². The number of rotatable bonds is 5. The average molecular weight is 298 g/mol. The molecular weight excluding hydrogens is 276 g/mol. The number of hydrogen-bond acceptors (Lipinski definition) is 5. The van der Waals surface area contributed by atoms with Gasteiger partial charge in [-0.05, 0) is 31.2 Å². The van der Waals surface area contributed by atoms with Crippen molar-refractivity contribution in [2.24, 2.45) is 0 Å². The summed E-state index contributed by atoms with van der Waals surface area (Å²) in [6.45, 7) is 0.672. The van der Waals surface area contributed by atoms with Crippen LogP contribution in [0.4, 0.5) is 11.5 Å². The molecule has 1 aromatic heterocycles. The van der Waals surface area contributed by atoms with Crippen LogP contribution in [0.2, 0.25) is 0 Å². The number of ether oxygens (including phenoxy) is 1. The lowest BCUT2D eigenvalue weighted by atomic mass is 9.98. The standard InChI is InChI=1S/C17H22N4O/c18-15-16(19-11-13-7-3-1-4-8-13)20-12-21-17(15)22-14-9-5-2-6-10-14/h1,3-4,7-8,12,14H,2,5-6,9-11,18H2,(H,19,20,21). The average Bonchev–Trinajstić information content (AvgIpc) is 2.58. The van der Waals surface area contributed by atoms with Crippen molar-refractivity contribution in [3.05, 3.63) is 42.2 Å².